The van der Waals surface area contributed by atoms with Crippen LogP contribution in [0.25, 0.3) is 10.2 Å². The Balaban J connectivity index is 1.06. The van der Waals surface area contributed by atoms with E-state index in [2.05, 4.69) is 15.6 Å². The van der Waals surface area contributed by atoms with Gasteiger partial charge in [-0.3, -0.25) is 0 Å². The minimum atomic E-state index is -2.10. The first-order valence-corrected chi connectivity index (χ1v) is 30.3. The van der Waals surface area contributed by atoms with Crippen LogP contribution in [0.3, 0.4) is 0 Å². The maximum Gasteiger partial charge on any atom is 0.338 e. The van der Waals surface area contributed by atoms with E-state index in [1.165, 1.54) is 96.3 Å². The van der Waals surface area contributed by atoms with E-state index in [4.69, 9.17) is 71.2 Å². The van der Waals surface area contributed by atoms with E-state index in [1.54, 1.807) is 146 Å². The highest BCUT2D eigenvalue weighted by molar-refractivity contribution is 7.80. The first kappa shape index (κ1) is 63.4. The average molecular weight is 1300 g/mol. The molecule has 1 aromatic heterocycles. The van der Waals surface area contributed by atoms with Gasteiger partial charge in [0.05, 0.1) is 49.2 Å². The molecular formula is C69H54ClN3O17S2. The number of thiazole rings is 1. The Bertz CT molecular complexity index is 4050. The van der Waals surface area contributed by atoms with Gasteiger partial charge in [-0.25, -0.2) is 38.5 Å². The molecule has 2 aliphatic heterocycles. The van der Waals surface area contributed by atoms with Gasteiger partial charge in [-0.05, 0) is 115 Å². The number of carbonyl (C=O) groups is 7. The van der Waals surface area contributed by atoms with Crippen molar-refractivity contribution in [1.82, 2.24) is 10.3 Å². The number of halogens is 1. The lowest BCUT2D eigenvalue weighted by Gasteiger charge is -2.49. The maximum absolute atomic E-state index is 14.9. The molecule has 8 aromatic carbocycles. The van der Waals surface area contributed by atoms with Crippen molar-refractivity contribution in [2.45, 2.75) is 61.3 Å². The summed E-state index contributed by atoms with van der Waals surface area (Å²) in [5.41, 5.74) is 0.858. The molecule has 3 heterocycles. The molecule has 92 heavy (non-hydrogen) atoms. The minimum absolute atomic E-state index is 0.000189. The van der Waals surface area contributed by atoms with Crippen LogP contribution in [-0.4, -0.2) is 126 Å². The number of ether oxygens (including phenoxy) is 10. The molecule has 0 saturated carbocycles. The van der Waals surface area contributed by atoms with Crippen LogP contribution in [0, 0.1) is 0 Å². The Morgan fingerprint density at radius 2 is 0.772 bits per heavy atom. The molecule has 466 valence electrons. The fraction of sp³-hybridized carbons (Fsp3) is 0.174. The third-order valence-corrected chi connectivity index (χ3v) is 15.8. The normalized spacial score (nSPS) is 20.8. The Kier molecular flexibility index (Phi) is 20.7. The molecule has 10 atom stereocenters. The standard InChI is InChI=1S/C69H54ClN3O17S2/c70-48-36-37-52-49(38-48)71-69(92-52)73-68(91)72-59-57(88-65(79)46-32-18-6-19-33-46)55(86-63(77)44-28-14-4-15-29-44)54(50(83-59)39-81-60(74)41-22-8-1-9-23-41)90-67-58(89-66(80)47-34-20-7-21-35-47)56(87-64(78)45-30-16-5-17-31-45)53(85-62(76)43-26-12-3-13-27-43)51(84-67)40-82-61(75)42-24-10-2-11-25-42/h1-38,50-51,53-59,67H,39-40H2,(H2,71,72,73,91)/t50-,51-,53-,54-,55+,56+,57-,58-,59-,67-/m1/s1. The lowest BCUT2D eigenvalue weighted by atomic mass is 9.95. The molecule has 0 spiro atoms. The summed E-state index contributed by atoms with van der Waals surface area (Å²) < 4.78 is 65.5. The molecule has 0 aliphatic carbocycles. The molecule has 20 nitrogen and oxygen atoms in total. The highest BCUT2D eigenvalue weighted by Crippen LogP contribution is 2.37. The van der Waals surface area contributed by atoms with Gasteiger partial charge in [0.2, 0.25) is 0 Å². The lowest BCUT2D eigenvalue weighted by Crippen LogP contribution is -2.69. The molecule has 2 fully saturated rings. The highest BCUT2D eigenvalue weighted by Gasteiger charge is 2.58. The van der Waals surface area contributed by atoms with E-state index in [0.717, 1.165) is 4.70 Å². The van der Waals surface area contributed by atoms with E-state index < -0.39 is 116 Å². The minimum Gasteiger partial charge on any atom is -0.459 e. The van der Waals surface area contributed by atoms with E-state index in [-0.39, 0.29) is 44.1 Å². The van der Waals surface area contributed by atoms with Gasteiger partial charge in [0.25, 0.3) is 0 Å². The highest BCUT2D eigenvalue weighted by atomic mass is 35.5. The van der Waals surface area contributed by atoms with Gasteiger partial charge >= 0.3 is 41.8 Å². The smallest absolute Gasteiger partial charge is 0.338 e. The van der Waals surface area contributed by atoms with Gasteiger partial charge in [0.15, 0.2) is 53.3 Å². The molecular weight excluding hydrogens is 1240 g/mol. The predicted molar refractivity (Wildman–Crippen MR) is 338 cm³/mol. The zero-order valence-electron chi connectivity index (χ0n) is 48.2. The molecule has 23 heteroatoms. The number of anilines is 1. The molecule has 0 unspecified atom stereocenters. The first-order chi connectivity index (χ1) is 44.8. The second kappa shape index (κ2) is 30.1. The van der Waals surface area contributed by atoms with Gasteiger partial charge in [-0.1, -0.05) is 150 Å². The summed E-state index contributed by atoms with van der Waals surface area (Å²) in [5.74, 6) is -6.67. The molecule has 9 aromatic rings. The van der Waals surface area contributed by atoms with Crippen molar-refractivity contribution in [3.05, 3.63) is 274 Å². The zero-order chi connectivity index (χ0) is 63.9. The van der Waals surface area contributed by atoms with Crippen molar-refractivity contribution in [1.29, 1.82) is 0 Å². The van der Waals surface area contributed by atoms with Gasteiger partial charge in [-0.15, -0.1) is 0 Å². The van der Waals surface area contributed by atoms with Gasteiger partial charge in [0, 0.05) is 5.02 Å². The SMILES string of the molecule is O=C(OC[C@H]1O[C@@H](NC(=S)Nc2nc3cc(Cl)ccc3s2)[C@H](OC(=O)c2ccccc2)[C@@H](OC(=O)c2ccccc2)[C@@H]1O[C@H]1O[C@H](COC(=O)c2ccccc2)[C@@H](OC(=O)c2ccccc2)[C@H](OC(=O)c2ccccc2)[C@H]1OC(=O)c1ccccc1)c1ccccc1. The van der Waals surface area contributed by atoms with Gasteiger partial charge in [0.1, 0.15) is 31.5 Å². The van der Waals surface area contributed by atoms with Crippen LogP contribution in [0.1, 0.15) is 72.5 Å². The van der Waals surface area contributed by atoms with E-state index in [0.29, 0.717) is 15.7 Å². The number of hydrogen-bond donors (Lipinski definition) is 2. The van der Waals surface area contributed by atoms with Gasteiger partial charge < -0.3 is 58.0 Å². The van der Waals surface area contributed by atoms with Crippen LogP contribution < -0.4 is 10.6 Å². The van der Waals surface area contributed by atoms with Crippen molar-refractivity contribution in [3.63, 3.8) is 0 Å². The van der Waals surface area contributed by atoms with Crippen LogP contribution in [0.4, 0.5) is 5.13 Å². The number of thiocarbonyl (C=S) groups is 1. The van der Waals surface area contributed by atoms with E-state index in [1.807, 2.05) is 0 Å². The maximum atomic E-state index is 14.9. The molecule has 11 rings (SSSR count). The van der Waals surface area contributed by atoms with Gasteiger partial charge in [-0.2, -0.15) is 0 Å². The van der Waals surface area contributed by atoms with E-state index >= 15 is 0 Å². The number of nitrogens with one attached hydrogen (secondary N) is 2. The van der Waals surface area contributed by atoms with Crippen LogP contribution in [0.5, 0.6) is 0 Å². The third kappa shape index (κ3) is 15.9. The Hall–Kier alpha value is -10.2. The Morgan fingerprint density at radius 1 is 0.424 bits per heavy atom. The number of carbonyl (C=O) groups excluding carboxylic acids is 7. The molecule has 0 bridgehead atoms. The second-order valence-electron chi connectivity index (χ2n) is 20.6. The number of esters is 7. The summed E-state index contributed by atoms with van der Waals surface area (Å²) in [4.78, 5) is 106. The zero-order valence-corrected chi connectivity index (χ0v) is 50.6. The van der Waals surface area contributed by atoms with Crippen molar-refractivity contribution >= 4 is 97.4 Å². The van der Waals surface area contributed by atoms with Crippen LogP contribution >= 0.6 is 35.2 Å². The summed E-state index contributed by atoms with van der Waals surface area (Å²) in [6.45, 7) is -1.50. The number of rotatable bonds is 20. The fourth-order valence-corrected chi connectivity index (χ4v) is 11.2. The van der Waals surface area contributed by atoms with Crippen molar-refractivity contribution < 1.29 is 80.9 Å². The quantitative estimate of drug-likeness (QED) is 0.0409. The van der Waals surface area contributed by atoms with Crippen LogP contribution in [0.2, 0.25) is 5.02 Å². The molecule has 0 amide bonds. The summed E-state index contributed by atoms with van der Waals surface area (Å²) in [7, 11) is 0. The number of nitrogens with zero attached hydrogens (tertiary/aromatic N) is 1. The number of benzene rings is 8. The largest absolute Gasteiger partial charge is 0.459 e. The number of fused-ring (bicyclic) bond motifs is 1. The van der Waals surface area contributed by atoms with Crippen molar-refractivity contribution in [2.75, 3.05) is 18.5 Å². The molecule has 0 radical (unpaired) electrons. The summed E-state index contributed by atoms with van der Waals surface area (Å²) in [6.07, 6.45) is -18.5. The Morgan fingerprint density at radius 3 is 1.18 bits per heavy atom. The second-order valence-corrected chi connectivity index (χ2v) is 22.5. The molecule has 2 aliphatic rings. The first-order valence-electron chi connectivity index (χ1n) is 28.7. The van der Waals surface area contributed by atoms with Crippen LogP contribution in [0.15, 0.2) is 231 Å². The van der Waals surface area contributed by atoms with Crippen LogP contribution in [-0.2, 0) is 47.4 Å². The summed E-state index contributed by atoms with van der Waals surface area (Å²) >= 11 is 13.5. The monoisotopic (exact) mass is 1300 g/mol. The number of hydrogen-bond acceptors (Lipinski definition) is 20. The third-order valence-electron chi connectivity index (χ3n) is 14.4. The molecule has 2 N–H and O–H groups in total. The number of aromatic nitrogens is 1. The van der Waals surface area contributed by atoms with E-state index in [9.17, 15) is 33.6 Å². The summed E-state index contributed by atoms with van der Waals surface area (Å²) in [6, 6.07) is 59.8. The fourth-order valence-electron chi connectivity index (χ4n) is 9.95. The van der Waals surface area contributed by atoms with Crippen molar-refractivity contribution in [2.24, 2.45) is 0 Å². The Labute approximate surface area is 540 Å². The van der Waals surface area contributed by atoms with Crippen molar-refractivity contribution in [3.8, 4) is 0 Å². The average Bonchev–Trinajstić information content (AvgIpc) is 0.909. The topological polar surface area (TPSA) is 249 Å². The molecule has 2 saturated heterocycles. The lowest BCUT2D eigenvalue weighted by molar-refractivity contribution is -0.339. The predicted octanol–water partition coefficient (Wildman–Crippen LogP) is 10.9. The summed E-state index contributed by atoms with van der Waals surface area (Å²) in [5, 5.41) is 6.69.